The quantitative estimate of drug-likeness (QED) is 0.0938. The van der Waals surface area contributed by atoms with Gasteiger partial charge in [0.15, 0.2) is 25.2 Å². The average molecular weight is 733 g/mol. The third-order valence-electron chi connectivity index (χ3n) is 8.95. The number of hydrogen-bond donors (Lipinski definition) is 13. The van der Waals surface area contributed by atoms with Crippen molar-refractivity contribution >= 4 is 11.8 Å². The first-order valence-corrected chi connectivity index (χ1v) is 15.9. The summed E-state index contributed by atoms with van der Waals surface area (Å²) >= 11 is 0. The Balaban J connectivity index is 1.65. The summed E-state index contributed by atoms with van der Waals surface area (Å²) in [5.74, 6) is -1.36. The van der Waals surface area contributed by atoms with Crippen LogP contribution in [0.4, 0.5) is 0 Å². The van der Waals surface area contributed by atoms with Gasteiger partial charge in [-0.3, -0.25) is 9.59 Å². The molecule has 4 fully saturated rings. The second kappa shape index (κ2) is 17.4. The maximum atomic E-state index is 12.5. The molecule has 0 saturated carbocycles. The van der Waals surface area contributed by atoms with Crippen molar-refractivity contribution in [3.63, 3.8) is 0 Å². The summed E-state index contributed by atoms with van der Waals surface area (Å²) in [6.07, 6.45) is -30.1. The molecule has 0 spiro atoms. The van der Waals surface area contributed by atoms with Crippen molar-refractivity contribution in [2.24, 2.45) is 0 Å². The first-order valence-electron chi connectivity index (χ1n) is 15.9. The van der Waals surface area contributed by atoms with Crippen LogP contribution in [0, 0.1) is 0 Å². The number of aliphatic hydroxyl groups is 11. The van der Waals surface area contributed by atoms with Crippen molar-refractivity contribution in [2.75, 3.05) is 19.8 Å². The lowest BCUT2D eigenvalue weighted by Gasteiger charge is -2.50. The van der Waals surface area contributed by atoms with E-state index in [1.165, 1.54) is 6.92 Å². The minimum atomic E-state index is -1.97. The molecule has 2 amide bonds. The summed E-state index contributed by atoms with van der Waals surface area (Å²) in [5, 5.41) is 119. The van der Waals surface area contributed by atoms with Gasteiger partial charge in [-0.2, -0.15) is 0 Å². The first kappa shape index (κ1) is 41.0. The summed E-state index contributed by atoms with van der Waals surface area (Å²) in [4.78, 5) is 24.0. The minimum Gasteiger partial charge on any atom is -0.394 e. The smallest absolute Gasteiger partial charge is 0.217 e. The van der Waals surface area contributed by atoms with Crippen LogP contribution in [0.3, 0.4) is 0 Å². The van der Waals surface area contributed by atoms with Crippen LogP contribution >= 0.6 is 0 Å². The third kappa shape index (κ3) is 8.87. The van der Waals surface area contributed by atoms with Crippen molar-refractivity contribution in [3.8, 4) is 0 Å². The van der Waals surface area contributed by atoms with E-state index in [1.54, 1.807) is 0 Å². The number of nitrogens with one attached hydrogen (secondary N) is 2. The zero-order chi connectivity index (χ0) is 37.2. The molecule has 4 rings (SSSR count). The molecule has 0 aromatic heterocycles. The van der Waals surface area contributed by atoms with E-state index in [0.717, 1.165) is 13.8 Å². The van der Waals surface area contributed by atoms with Gasteiger partial charge < -0.3 is 100.0 Å². The number of hydrogen-bond acceptors (Lipinski definition) is 20. The third-order valence-corrected chi connectivity index (χ3v) is 8.95. The van der Waals surface area contributed by atoms with E-state index in [9.17, 15) is 65.8 Å². The Hall–Kier alpha value is -1.78. The second-order valence-electron chi connectivity index (χ2n) is 12.6. The highest BCUT2D eigenvalue weighted by Crippen LogP contribution is 2.34. The molecule has 22 nitrogen and oxygen atoms in total. The maximum absolute atomic E-state index is 12.5. The van der Waals surface area contributed by atoms with Crippen LogP contribution in [-0.2, 0) is 42.7 Å². The fourth-order valence-corrected chi connectivity index (χ4v) is 6.19. The van der Waals surface area contributed by atoms with Gasteiger partial charge in [-0.25, -0.2) is 0 Å². The molecule has 0 aliphatic carbocycles. The van der Waals surface area contributed by atoms with Gasteiger partial charge in [0, 0.05) is 13.8 Å². The molecule has 4 aliphatic heterocycles. The SMILES string of the molecule is CC(=O)N[C@@H]1[C@@H](O)[C@@H](O)[C@@H](CO[C@@H]2O[C@H](CO)[C@@H](O[C@@H]3O[C@@H](C)[C@@H](O)[C@@H](O)[C@@H]3O)[C@H](O[C@@H]3O[C@H](CO)[C@H](O)[C@H](O)[C@H]3O)[C@H]2NC(C)=O)O[C@H]1O. The number of aliphatic hydroxyl groups excluding tert-OH is 11. The summed E-state index contributed by atoms with van der Waals surface area (Å²) in [5.41, 5.74) is 0. The maximum Gasteiger partial charge on any atom is 0.217 e. The monoisotopic (exact) mass is 732 g/mol. The van der Waals surface area contributed by atoms with E-state index in [-0.39, 0.29) is 0 Å². The van der Waals surface area contributed by atoms with Crippen molar-refractivity contribution < 1.29 is 98.9 Å². The zero-order valence-electron chi connectivity index (χ0n) is 27.3. The van der Waals surface area contributed by atoms with Crippen LogP contribution in [0.15, 0.2) is 0 Å². The van der Waals surface area contributed by atoms with Gasteiger partial charge in [0.05, 0.1) is 25.9 Å². The fourth-order valence-electron chi connectivity index (χ4n) is 6.19. The molecule has 50 heavy (non-hydrogen) atoms. The molecular weight excluding hydrogens is 684 g/mol. The van der Waals surface area contributed by atoms with Crippen molar-refractivity contribution in [2.45, 2.75) is 143 Å². The summed E-state index contributed by atoms with van der Waals surface area (Å²) in [6, 6.07) is -2.92. The predicted molar refractivity (Wildman–Crippen MR) is 156 cm³/mol. The lowest BCUT2D eigenvalue weighted by Crippen LogP contribution is -2.70. The number of amides is 2. The van der Waals surface area contributed by atoms with Gasteiger partial charge in [-0.15, -0.1) is 0 Å². The molecule has 4 saturated heterocycles. The van der Waals surface area contributed by atoms with E-state index in [2.05, 4.69) is 10.6 Å². The number of carbonyl (C=O) groups is 2. The van der Waals surface area contributed by atoms with Gasteiger partial charge in [-0.1, -0.05) is 0 Å². The van der Waals surface area contributed by atoms with Crippen LogP contribution in [0.25, 0.3) is 0 Å². The van der Waals surface area contributed by atoms with Crippen molar-refractivity contribution in [1.29, 1.82) is 0 Å². The molecule has 0 aromatic rings. The summed E-state index contributed by atoms with van der Waals surface area (Å²) in [7, 11) is 0. The van der Waals surface area contributed by atoms with Crippen LogP contribution in [0.2, 0.25) is 0 Å². The molecule has 0 aromatic carbocycles. The molecule has 4 heterocycles. The van der Waals surface area contributed by atoms with Gasteiger partial charge in [0.25, 0.3) is 0 Å². The van der Waals surface area contributed by atoms with E-state index in [0.29, 0.717) is 0 Å². The fraction of sp³-hybridized carbons (Fsp3) is 0.929. The second-order valence-corrected chi connectivity index (χ2v) is 12.6. The summed E-state index contributed by atoms with van der Waals surface area (Å²) in [6.45, 7) is 1.21. The van der Waals surface area contributed by atoms with E-state index < -0.39 is 154 Å². The Morgan fingerprint density at radius 1 is 0.560 bits per heavy atom. The molecule has 0 bridgehead atoms. The Labute approximate surface area is 285 Å². The summed E-state index contributed by atoms with van der Waals surface area (Å²) < 4.78 is 40.1. The van der Waals surface area contributed by atoms with Gasteiger partial charge in [0.1, 0.15) is 91.4 Å². The Morgan fingerprint density at radius 3 is 1.64 bits per heavy atom. The topological polar surface area (TPSA) is 345 Å². The molecule has 0 unspecified atom stereocenters. The van der Waals surface area contributed by atoms with Crippen molar-refractivity contribution in [3.05, 3.63) is 0 Å². The van der Waals surface area contributed by atoms with E-state index in [1.807, 2.05) is 0 Å². The molecule has 20 atom stereocenters. The lowest BCUT2D eigenvalue weighted by atomic mass is 9.94. The average Bonchev–Trinajstić information content (AvgIpc) is 3.06. The van der Waals surface area contributed by atoms with E-state index in [4.69, 9.17) is 33.2 Å². The molecule has 13 N–H and O–H groups in total. The van der Waals surface area contributed by atoms with E-state index >= 15 is 0 Å². The molecular formula is C28H48N2O20. The first-order chi connectivity index (χ1) is 23.5. The molecule has 290 valence electrons. The highest BCUT2D eigenvalue weighted by Gasteiger charge is 2.55. The Kier molecular flexibility index (Phi) is 14.2. The lowest BCUT2D eigenvalue weighted by molar-refractivity contribution is -0.375. The minimum absolute atomic E-state index is 0.629. The molecule has 0 radical (unpaired) electrons. The van der Waals surface area contributed by atoms with Crippen LogP contribution < -0.4 is 10.6 Å². The normalized spacial score (nSPS) is 48.5. The standard InChI is InChI=1S/C28H48N2O20/c1-7-15(35)19(39)21(41)27(45-7)49-23-11(5-32)48-26(44-6-12-17(37)18(38)13(25(43)46-12)29-8(2)33)14(30-9(3)34)24(23)50-28-22(42)20(40)16(36)10(4-31)47-28/h7,10-28,31-32,35-43H,4-6H2,1-3H3,(H,29,33)(H,30,34)/t7-,10+,11+,12+,13+,14+,15+,16-,17-,18+,19+,20-,21-,22+,23+,24+,25+,26+,27-,28-/m0/s1. The molecule has 4 aliphatic rings. The van der Waals surface area contributed by atoms with Crippen LogP contribution in [0.5, 0.6) is 0 Å². The van der Waals surface area contributed by atoms with Crippen LogP contribution in [-0.4, -0.2) is 211 Å². The highest BCUT2D eigenvalue weighted by molar-refractivity contribution is 5.73. The van der Waals surface area contributed by atoms with Gasteiger partial charge >= 0.3 is 0 Å². The van der Waals surface area contributed by atoms with Crippen LogP contribution in [0.1, 0.15) is 20.8 Å². The zero-order valence-corrected chi connectivity index (χ0v) is 27.3. The van der Waals surface area contributed by atoms with Gasteiger partial charge in [0.2, 0.25) is 11.8 Å². The number of carbonyl (C=O) groups excluding carboxylic acids is 2. The van der Waals surface area contributed by atoms with Gasteiger partial charge in [-0.05, 0) is 6.92 Å². The largest absolute Gasteiger partial charge is 0.394 e. The Morgan fingerprint density at radius 2 is 1.06 bits per heavy atom. The highest BCUT2D eigenvalue weighted by atomic mass is 16.8. The molecule has 22 heteroatoms. The predicted octanol–water partition coefficient (Wildman–Crippen LogP) is -8.43. The number of ether oxygens (including phenoxy) is 7. The van der Waals surface area contributed by atoms with Crippen molar-refractivity contribution in [1.82, 2.24) is 10.6 Å². The Bertz CT molecular complexity index is 1120. The number of rotatable bonds is 11.